The van der Waals surface area contributed by atoms with Gasteiger partial charge in [0.1, 0.15) is 13.5 Å². The van der Waals surface area contributed by atoms with Gasteiger partial charge in [-0.25, -0.2) is 0 Å². The van der Waals surface area contributed by atoms with E-state index in [0.717, 1.165) is 0 Å². The zero-order valence-corrected chi connectivity index (χ0v) is 7.64. The highest BCUT2D eigenvalue weighted by Crippen LogP contribution is 2.02. The third-order valence-electron chi connectivity index (χ3n) is 1.07. The van der Waals surface area contributed by atoms with Gasteiger partial charge >= 0.3 is 0 Å². The zero-order valence-electron chi connectivity index (χ0n) is 6.64. The molecule has 0 N–H and O–H groups in total. The number of hydrogen-bond donors (Lipinski definition) is 0. The number of hydrogen-bond acceptors (Lipinski definition) is 1. The molecule has 0 saturated heterocycles. The molecular formula is C8H12OSi. The highest BCUT2D eigenvalue weighted by molar-refractivity contribution is 7.04. The van der Waals surface area contributed by atoms with Crippen molar-refractivity contribution in [3.05, 3.63) is 12.2 Å². The monoisotopic (exact) mass is 152 g/mol. The van der Waals surface area contributed by atoms with Gasteiger partial charge < -0.3 is 4.79 Å². The van der Waals surface area contributed by atoms with E-state index in [-0.39, 0.29) is 5.41 Å². The average molecular weight is 152 g/mol. The molecule has 10 heavy (non-hydrogen) atoms. The fraction of sp³-hybridized carbons (Fsp3) is 0.375. The summed E-state index contributed by atoms with van der Waals surface area (Å²) < 4.78 is 0. The number of allylic oxidation sites excluding steroid dienone is 2. The molecule has 54 valence electrons. The molecule has 0 aliphatic heterocycles. The lowest BCUT2D eigenvalue weighted by molar-refractivity contribution is -0.108. The molecule has 2 heteroatoms. The van der Waals surface area contributed by atoms with Crippen LogP contribution in [0.15, 0.2) is 12.2 Å². The van der Waals surface area contributed by atoms with Crippen molar-refractivity contribution in [1.82, 2.24) is 0 Å². The molecule has 1 nitrogen and oxygen atoms in total. The maximum Gasteiger partial charge on any atom is 0.133 e. The standard InChI is InChI=1S/C8H12OSi/c1-5-6-7-8(9)10(2,3)4/h1,6-7H,2-4H3/b7-6+. The number of terminal acetylenes is 1. The second kappa shape index (κ2) is 3.38. The molecule has 0 atom stereocenters. The molecule has 0 aromatic rings. The molecule has 0 heterocycles. The quantitative estimate of drug-likeness (QED) is 0.334. The van der Waals surface area contributed by atoms with Crippen LogP contribution in [0.5, 0.6) is 0 Å². The topological polar surface area (TPSA) is 17.1 Å². The molecule has 0 aliphatic rings. The Morgan fingerprint density at radius 2 is 2.00 bits per heavy atom. The molecule has 0 unspecified atom stereocenters. The molecule has 0 bridgehead atoms. The number of carbonyl (C=O) groups excluding carboxylic acids is 1. The molecular weight excluding hydrogens is 140 g/mol. The van der Waals surface area contributed by atoms with Gasteiger partial charge in [-0.3, -0.25) is 0 Å². The Balaban J connectivity index is 4.15. The summed E-state index contributed by atoms with van der Waals surface area (Å²) in [6, 6.07) is 0. The Morgan fingerprint density at radius 3 is 2.30 bits per heavy atom. The van der Waals surface area contributed by atoms with Crippen LogP contribution in [0.25, 0.3) is 0 Å². The molecule has 0 aromatic carbocycles. The van der Waals surface area contributed by atoms with Crippen LogP contribution in [0.3, 0.4) is 0 Å². The summed E-state index contributed by atoms with van der Waals surface area (Å²) in [7, 11) is -1.62. The highest BCUT2D eigenvalue weighted by atomic mass is 28.3. The van der Waals surface area contributed by atoms with Crippen molar-refractivity contribution in [2.45, 2.75) is 19.6 Å². The third-order valence-corrected chi connectivity index (χ3v) is 2.72. The molecule has 0 aliphatic carbocycles. The van der Waals surface area contributed by atoms with Crippen LogP contribution in [-0.4, -0.2) is 13.5 Å². The van der Waals surface area contributed by atoms with Crippen LogP contribution < -0.4 is 0 Å². The van der Waals surface area contributed by atoms with Crippen LogP contribution in [-0.2, 0) is 4.79 Å². The van der Waals surface area contributed by atoms with Gasteiger partial charge in [0.2, 0.25) is 0 Å². The van der Waals surface area contributed by atoms with E-state index < -0.39 is 8.07 Å². The first-order valence-electron chi connectivity index (χ1n) is 3.15. The summed E-state index contributed by atoms with van der Waals surface area (Å²) >= 11 is 0. The maximum absolute atomic E-state index is 11.1. The lowest BCUT2D eigenvalue weighted by atomic mass is 10.5. The van der Waals surface area contributed by atoms with Gasteiger partial charge in [-0.05, 0) is 12.2 Å². The second-order valence-electron chi connectivity index (χ2n) is 3.11. The van der Waals surface area contributed by atoms with E-state index in [2.05, 4.69) is 5.92 Å². The fourth-order valence-electron chi connectivity index (χ4n) is 0.374. The first-order chi connectivity index (χ1) is 4.48. The molecule has 0 aromatic heterocycles. The third kappa shape index (κ3) is 3.26. The van der Waals surface area contributed by atoms with E-state index in [1.165, 1.54) is 12.2 Å². The molecule has 0 saturated carbocycles. The number of carbonyl (C=O) groups is 1. The Kier molecular flexibility index (Phi) is 3.10. The molecule has 0 amide bonds. The lowest BCUT2D eigenvalue weighted by Crippen LogP contribution is -2.31. The van der Waals surface area contributed by atoms with Crippen molar-refractivity contribution < 1.29 is 4.79 Å². The molecule has 0 fully saturated rings. The van der Waals surface area contributed by atoms with Crippen molar-refractivity contribution in [2.75, 3.05) is 0 Å². The SMILES string of the molecule is C#C/C=C/C(=O)[Si](C)(C)C. The summed E-state index contributed by atoms with van der Waals surface area (Å²) in [4.78, 5) is 11.1. The van der Waals surface area contributed by atoms with Crippen molar-refractivity contribution in [3.63, 3.8) is 0 Å². The normalized spacial score (nSPS) is 11.4. The minimum absolute atomic E-state index is 0.199. The summed E-state index contributed by atoms with van der Waals surface area (Å²) in [6.07, 6.45) is 7.90. The van der Waals surface area contributed by atoms with E-state index in [4.69, 9.17) is 6.42 Å². The fourth-order valence-corrected chi connectivity index (χ4v) is 0.957. The smallest absolute Gasteiger partial charge is 0.133 e. The average Bonchev–Trinajstić information content (AvgIpc) is 1.80. The van der Waals surface area contributed by atoms with Gasteiger partial charge in [0.25, 0.3) is 0 Å². The summed E-state index contributed by atoms with van der Waals surface area (Å²) in [5.74, 6) is 2.29. The Labute approximate surface area is 63.1 Å². The first kappa shape index (κ1) is 9.19. The largest absolute Gasteiger partial charge is 0.301 e. The van der Waals surface area contributed by atoms with E-state index >= 15 is 0 Å². The van der Waals surface area contributed by atoms with Crippen LogP contribution in [0.2, 0.25) is 19.6 Å². The zero-order chi connectivity index (χ0) is 8.20. The predicted molar refractivity (Wildman–Crippen MR) is 46.3 cm³/mol. The minimum atomic E-state index is -1.62. The van der Waals surface area contributed by atoms with E-state index in [1.54, 1.807) is 0 Å². The van der Waals surface area contributed by atoms with Crippen LogP contribution in [0, 0.1) is 12.3 Å². The van der Waals surface area contributed by atoms with Gasteiger partial charge in [-0.1, -0.05) is 25.6 Å². The van der Waals surface area contributed by atoms with Crippen molar-refractivity contribution in [2.24, 2.45) is 0 Å². The second-order valence-corrected chi connectivity index (χ2v) is 8.11. The predicted octanol–water partition coefficient (Wildman–Crippen LogP) is 1.62. The van der Waals surface area contributed by atoms with Gasteiger partial charge in [0.05, 0.1) is 0 Å². The summed E-state index contributed by atoms with van der Waals surface area (Å²) in [5.41, 5.74) is 0. The van der Waals surface area contributed by atoms with E-state index in [1.807, 2.05) is 19.6 Å². The first-order valence-corrected chi connectivity index (χ1v) is 6.65. The molecule has 0 radical (unpaired) electrons. The van der Waals surface area contributed by atoms with Crippen LogP contribution in [0.4, 0.5) is 0 Å². The molecule has 0 spiro atoms. The van der Waals surface area contributed by atoms with Gasteiger partial charge in [-0.2, -0.15) is 0 Å². The van der Waals surface area contributed by atoms with Crippen molar-refractivity contribution >= 4 is 13.5 Å². The van der Waals surface area contributed by atoms with E-state index in [0.29, 0.717) is 0 Å². The van der Waals surface area contributed by atoms with Gasteiger partial charge in [0, 0.05) is 0 Å². The maximum atomic E-state index is 11.1. The van der Waals surface area contributed by atoms with Crippen molar-refractivity contribution in [1.29, 1.82) is 0 Å². The molecule has 0 rings (SSSR count). The summed E-state index contributed by atoms with van der Waals surface area (Å²) in [5, 5.41) is 0.199. The Hall–Kier alpha value is -0.813. The minimum Gasteiger partial charge on any atom is -0.301 e. The van der Waals surface area contributed by atoms with Crippen molar-refractivity contribution in [3.8, 4) is 12.3 Å². The highest BCUT2D eigenvalue weighted by Gasteiger charge is 2.20. The van der Waals surface area contributed by atoms with Gasteiger partial charge in [0.15, 0.2) is 0 Å². The van der Waals surface area contributed by atoms with E-state index in [9.17, 15) is 4.79 Å². The van der Waals surface area contributed by atoms with Gasteiger partial charge in [-0.15, -0.1) is 6.42 Å². The lowest BCUT2D eigenvalue weighted by Gasteiger charge is -2.08. The summed E-state index contributed by atoms with van der Waals surface area (Å²) in [6.45, 7) is 5.99. The van der Waals surface area contributed by atoms with Crippen LogP contribution in [0.1, 0.15) is 0 Å². The Bertz CT molecular complexity index is 190. The number of rotatable bonds is 2. The van der Waals surface area contributed by atoms with Crippen LogP contribution >= 0.6 is 0 Å². The Morgan fingerprint density at radius 1 is 1.50 bits per heavy atom.